The Morgan fingerprint density at radius 2 is 2.33 bits per heavy atom. The normalized spacial score (nSPS) is 16.3. The Labute approximate surface area is 108 Å². The minimum Gasteiger partial charge on any atom is -0.383 e. The molecular weight excluding hydrogens is 226 g/mol. The van der Waals surface area contributed by atoms with E-state index in [1.165, 1.54) is 12.8 Å². The second-order valence-corrected chi connectivity index (χ2v) is 5.07. The highest BCUT2D eigenvalue weighted by molar-refractivity contribution is 5.64. The molecule has 1 aromatic rings. The van der Waals surface area contributed by atoms with Gasteiger partial charge in [-0.1, -0.05) is 13.3 Å². The summed E-state index contributed by atoms with van der Waals surface area (Å²) in [6.07, 6.45) is 4.64. The molecule has 0 spiro atoms. The number of nitriles is 1. The number of nitrogens with zero attached hydrogens (tertiary/aromatic N) is 3. The Balaban J connectivity index is 2.15. The van der Waals surface area contributed by atoms with Gasteiger partial charge in [0.2, 0.25) is 0 Å². The van der Waals surface area contributed by atoms with Gasteiger partial charge >= 0.3 is 0 Å². The average Bonchev–Trinajstić information content (AvgIpc) is 3.14. The number of aryl methyl sites for hydroxylation is 1. The number of rotatable bonds is 6. The molecule has 1 aromatic heterocycles. The van der Waals surface area contributed by atoms with E-state index in [1.807, 2.05) is 0 Å². The zero-order valence-corrected chi connectivity index (χ0v) is 11.1. The summed E-state index contributed by atoms with van der Waals surface area (Å²) >= 11 is 0. The molecule has 1 aliphatic rings. The number of nitrogen functional groups attached to an aromatic ring is 1. The van der Waals surface area contributed by atoms with Gasteiger partial charge in [-0.2, -0.15) is 10.4 Å². The highest BCUT2D eigenvalue weighted by atomic mass is 15.3. The molecule has 0 aromatic carbocycles. The van der Waals surface area contributed by atoms with Crippen LogP contribution >= 0.6 is 0 Å². The molecular formula is C13H21N5. The van der Waals surface area contributed by atoms with E-state index in [0.29, 0.717) is 23.2 Å². The number of unbranched alkanes of at least 4 members (excludes halogenated alkanes) is 1. The van der Waals surface area contributed by atoms with E-state index in [0.717, 1.165) is 25.3 Å². The molecule has 5 heteroatoms. The summed E-state index contributed by atoms with van der Waals surface area (Å²) < 4.78 is 1.74. The molecule has 18 heavy (non-hydrogen) atoms. The molecule has 0 amide bonds. The standard InChI is InChI=1S/C13H21N5/c1-3-4-7-18-12(15)11(8-14)13(17-18)16-9(2)10-5-6-10/h9-10H,3-7,15H2,1-2H3,(H,16,17). The monoisotopic (exact) mass is 247 g/mol. The molecule has 2 rings (SSSR count). The first-order chi connectivity index (χ1) is 8.67. The Kier molecular flexibility index (Phi) is 3.75. The predicted molar refractivity (Wildman–Crippen MR) is 72.1 cm³/mol. The quantitative estimate of drug-likeness (QED) is 0.808. The summed E-state index contributed by atoms with van der Waals surface area (Å²) in [5.41, 5.74) is 6.45. The van der Waals surface area contributed by atoms with Crippen LogP contribution in [0.2, 0.25) is 0 Å². The molecule has 98 valence electrons. The summed E-state index contributed by atoms with van der Waals surface area (Å²) in [6.45, 7) is 5.04. The largest absolute Gasteiger partial charge is 0.383 e. The van der Waals surface area contributed by atoms with Crippen LogP contribution in [0, 0.1) is 17.2 Å². The molecule has 1 unspecified atom stereocenters. The van der Waals surface area contributed by atoms with Crippen LogP contribution in [0.5, 0.6) is 0 Å². The van der Waals surface area contributed by atoms with Crippen molar-refractivity contribution in [3.8, 4) is 6.07 Å². The zero-order valence-electron chi connectivity index (χ0n) is 11.1. The summed E-state index contributed by atoms with van der Waals surface area (Å²) in [5.74, 6) is 1.85. The molecule has 0 bridgehead atoms. The van der Waals surface area contributed by atoms with Crippen molar-refractivity contribution in [3.05, 3.63) is 5.56 Å². The van der Waals surface area contributed by atoms with Gasteiger partial charge in [-0.15, -0.1) is 0 Å². The van der Waals surface area contributed by atoms with E-state index in [1.54, 1.807) is 4.68 Å². The molecule has 1 fully saturated rings. The van der Waals surface area contributed by atoms with Crippen molar-refractivity contribution >= 4 is 11.6 Å². The van der Waals surface area contributed by atoms with E-state index in [2.05, 4.69) is 30.3 Å². The number of hydrogen-bond donors (Lipinski definition) is 2. The van der Waals surface area contributed by atoms with Gasteiger partial charge in [0, 0.05) is 12.6 Å². The number of hydrogen-bond acceptors (Lipinski definition) is 4. The van der Waals surface area contributed by atoms with Crippen molar-refractivity contribution in [2.75, 3.05) is 11.1 Å². The third-order valence-electron chi connectivity index (χ3n) is 3.52. The van der Waals surface area contributed by atoms with Gasteiger partial charge in [0.05, 0.1) is 0 Å². The van der Waals surface area contributed by atoms with Crippen molar-refractivity contribution in [1.82, 2.24) is 9.78 Å². The maximum atomic E-state index is 9.18. The van der Waals surface area contributed by atoms with Gasteiger partial charge in [-0.25, -0.2) is 4.68 Å². The first-order valence-electron chi connectivity index (χ1n) is 6.70. The summed E-state index contributed by atoms with van der Waals surface area (Å²) in [6, 6.07) is 2.52. The highest BCUT2D eigenvalue weighted by Crippen LogP contribution is 2.34. The first kappa shape index (κ1) is 12.7. The number of nitrogens with two attached hydrogens (primary N) is 1. The Morgan fingerprint density at radius 1 is 1.61 bits per heavy atom. The summed E-state index contributed by atoms with van der Waals surface area (Å²) in [5, 5.41) is 16.9. The van der Waals surface area contributed by atoms with Crippen LogP contribution in [-0.4, -0.2) is 15.8 Å². The molecule has 0 aliphatic heterocycles. The fraction of sp³-hybridized carbons (Fsp3) is 0.692. The van der Waals surface area contributed by atoms with Crippen molar-refractivity contribution in [2.45, 2.75) is 52.1 Å². The first-order valence-corrected chi connectivity index (χ1v) is 6.70. The number of nitrogens with one attached hydrogen (secondary N) is 1. The van der Waals surface area contributed by atoms with E-state index >= 15 is 0 Å². The second kappa shape index (κ2) is 5.30. The molecule has 3 N–H and O–H groups in total. The van der Waals surface area contributed by atoms with Gasteiger partial charge in [-0.3, -0.25) is 0 Å². The highest BCUT2D eigenvalue weighted by Gasteiger charge is 2.29. The molecule has 1 aliphatic carbocycles. The van der Waals surface area contributed by atoms with Crippen molar-refractivity contribution in [1.29, 1.82) is 5.26 Å². The average molecular weight is 247 g/mol. The SMILES string of the molecule is CCCCn1nc(NC(C)C2CC2)c(C#N)c1N. The zero-order chi connectivity index (χ0) is 13.1. The lowest BCUT2D eigenvalue weighted by Gasteiger charge is -2.11. The predicted octanol–water partition coefficient (Wildman–Crippen LogP) is 2.35. The van der Waals surface area contributed by atoms with E-state index in [4.69, 9.17) is 5.73 Å². The fourth-order valence-corrected chi connectivity index (χ4v) is 2.09. The molecule has 5 nitrogen and oxygen atoms in total. The molecule has 0 radical (unpaired) electrons. The van der Waals surface area contributed by atoms with E-state index < -0.39 is 0 Å². The third kappa shape index (κ3) is 2.58. The Bertz CT molecular complexity index is 453. The lowest BCUT2D eigenvalue weighted by atomic mass is 10.2. The molecule has 1 atom stereocenters. The van der Waals surface area contributed by atoms with Gasteiger partial charge in [0.1, 0.15) is 17.5 Å². The number of anilines is 2. The van der Waals surface area contributed by atoms with Crippen molar-refractivity contribution in [2.24, 2.45) is 5.92 Å². The van der Waals surface area contributed by atoms with Crippen LogP contribution in [0.1, 0.15) is 45.1 Å². The molecule has 1 heterocycles. The second-order valence-electron chi connectivity index (χ2n) is 5.07. The maximum Gasteiger partial charge on any atom is 0.168 e. The lowest BCUT2D eigenvalue weighted by molar-refractivity contribution is 0.577. The molecule has 0 saturated heterocycles. The van der Waals surface area contributed by atoms with Crippen LogP contribution in [0.25, 0.3) is 0 Å². The van der Waals surface area contributed by atoms with Crippen LogP contribution in [0.3, 0.4) is 0 Å². The van der Waals surface area contributed by atoms with Crippen LogP contribution in [-0.2, 0) is 6.54 Å². The third-order valence-corrected chi connectivity index (χ3v) is 3.52. The van der Waals surface area contributed by atoms with Crippen LogP contribution in [0.15, 0.2) is 0 Å². The van der Waals surface area contributed by atoms with Crippen molar-refractivity contribution < 1.29 is 0 Å². The van der Waals surface area contributed by atoms with Gasteiger partial charge in [-0.05, 0) is 32.1 Å². The Morgan fingerprint density at radius 3 is 2.89 bits per heavy atom. The van der Waals surface area contributed by atoms with Gasteiger partial charge < -0.3 is 11.1 Å². The summed E-state index contributed by atoms with van der Waals surface area (Å²) in [7, 11) is 0. The number of aromatic nitrogens is 2. The van der Waals surface area contributed by atoms with Gasteiger partial charge in [0.25, 0.3) is 0 Å². The minimum absolute atomic E-state index is 0.367. The van der Waals surface area contributed by atoms with E-state index in [-0.39, 0.29) is 0 Å². The van der Waals surface area contributed by atoms with E-state index in [9.17, 15) is 5.26 Å². The fourth-order valence-electron chi connectivity index (χ4n) is 2.09. The Hall–Kier alpha value is -1.70. The van der Waals surface area contributed by atoms with Crippen LogP contribution in [0.4, 0.5) is 11.6 Å². The smallest absolute Gasteiger partial charge is 0.168 e. The van der Waals surface area contributed by atoms with Crippen LogP contribution < -0.4 is 11.1 Å². The summed E-state index contributed by atoms with van der Waals surface area (Å²) in [4.78, 5) is 0. The topological polar surface area (TPSA) is 79.7 Å². The minimum atomic E-state index is 0.367. The molecule has 1 saturated carbocycles. The van der Waals surface area contributed by atoms with Gasteiger partial charge in [0.15, 0.2) is 5.82 Å². The van der Waals surface area contributed by atoms with Crippen molar-refractivity contribution in [3.63, 3.8) is 0 Å². The lowest BCUT2D eigenvalue weighted by Crippen LogP contribution is -2.18. The maximum absolute atomic E-state index is 9.18.